The molecule has 2 rings (SSSR count). The van der Waals surface area contributed by atoms with Gasteiger partial charge in [0.15, 0.2) is 0 Å². The number of nitrogens with one attached hydrogen (secondary N) is 1. The molecule has 4 heteroatoms. The van der Waals surface area contributed by atoms with Gasteiger partial charge in [-0.15, -0.1) is 11.8 Å². The topological polar surface area (TPSA) is 41.5 Å². The van der Waals surface area contributed by atoms with Gasteiger partial charge in [-0.2, -0.15) is 5.10 Å². The molecule has 0 unspecified atom stereocenters. The van der Waals surface area contributed by atoms with Crippen LogP contribution in [0.5, 0.6) is 0 Å². The molecule has 0 heterocycles. The van der Waals surface area contributed by atoms with Crippen molar-refractivity contribution in [3.05, 3.63) is 29.8 Å². The fourth-order valence-electron chi connectivity index (χ4n) is 3.23. The summed E-state index contributed by atoms with van der Waals surface area (Å²) in [4.78, 5) is 13.5. The van der Waals surface area contributed by atoms with E-state index in [1.807, 2.05) is 6.92 Å². The first-order chi connectivity index (χ1) is 12.6. The van der Waals surface area contributed by atoms with Gasteiger partial charge in [0.05, 0.1) is 5.25 Å². The Balaban J connectivity index is 1.83. The standard InChI is InChI=1S/C22H34N2OS/c1-18-14-16-21(17-15-18)26-19(2)22(25)24-23-20-12-10-8-6-4-3-5-7-9-11-13-20/h14-17,19H,3-13H2,1-2H3,(H,24,25)/t19-/m0/s1. The molecule has 0 aliphatic heterocycles. The predicted molar refractivity (Wildman–Crippen MR) is 113 cm³/mol. The Morgan fingerprint density at radius 2 is 1.42 bits per heavy atom. The summed E-state index contributed by atoms with van der Waals surface area (Å²) in [5, 5.41) is 4.35. The number of hydrazone groups is 1. The summed E-state index contributed by atoms with van der Waals surface area (Å²) in [7, 11) is 0. The van der Waals surface area contributed by atoms with Crippen molar-refractivity contribution in [2.45, 2.75) is 94.6 Å². The van der Waals surface area contributed by atoms with Crippen molar-refractivity contribution >= 4 is 23.4 Å². The molecule has 1 aromatic rings. The van der Waals surface area contributed by atoms with Crippen LogP contribution in [-0.4, -0.2) is 16.9 Å². The first kappa shape index (κ1) is 21.0. The minimum absolute atomic E-state index is 0.00538. The average Bonchev–Trinajstić information content (AvgIpc) is 2.63. The Hall–Kier alpha value is -1.29. The van der Waals surface area contributed by atoms with E-state index in [9.17, 15) is 4.79 Å². The van der Waals surface area contributed by atoms with Gasteiger partial charge in [0.1, 0.15) is 0 Å². The number of thioether (sulfide) groups is 1. The Labute approximate surface area is 163 Å². The summed E-state index contributed by atoms with van der Waals surface area (Å²) < 4.78 is 0. The average molecular weight is 375 g/mol. The van der Waals surface area contributed by atoms with Crippen LogP contribution in [0.2, 0.25) is 0 Å². The van der Waals surface area contributed by atoms with Gasteiger partial charge in [-0.3, -0.25) is 4.79 Å². The van der Waals surface area contributed by atoms with Crippen LogP contribution in [0.4, 0.5) is 0 Å². The third-order valence-electron chi connectivity index (χ3n) is 4.96. The van der Waals surface area contributed by atoms with E-state index in [0.29, 0.717) is 0 Å². The van der Waals surface area contributed by atoms with Crippen LogP contribution >= 0.6 is 11.8 Å². The van der Waals surface area contributed by atoms with E-state index in [4.69, 9.17) is 0 Å². The quantitative estimate of drug-likeness (QED) is 0.500. The lowest BCUT2D eigenvalue weighted by Crippen LogP contribution is -2.28. The number of hydrogen-bond acceptors (Lipinski definition) is 3. The predicted octanol–water partition coefficient (Wildman–Crippen LogP) is 6.25. The molecule has 0 saturated heterocycles. The lowest BCUT2D eigenvalue weighted by atomic mass is 10.00. The third-order valence-corrected chi connectivity index (χ3v) is 6.07. The van der Waals surface area contributed by atoms with E-state index in [1.54, 1.807) is 11.8 Å². The molecule has 26 heavy (non-hydrogen) atoms. The van der Waals surface area contributed by atoms with E-state index < -0.39 is 0 Å². The maximum absolute atomic E-state index is 12.4. The largest absolute Gasteiger partial charge is 0.272 e. The molecule has 3 nitrogen and oxygen atoms in total. The molecule has 1 atom stereocenters. The van der Waals surface area contributed by atoms with Crippen molar-refractivity contribution in [2.75, 3.05) is 0 Å². The lowest BCUT2D eigenvalue weighted by Gasteiger charge is -2.12. The summed E-state index contributed by atoms with van der Waals surface area (Å²) in [6, 6.07) is 8.31. The number of aryl methyl sites for hydroxylation is 1. The molecule has 1 fully saturated rings. The summed E-state index contributed by atoms with van der Waals surface area (Å²) in [6.07, 6.45) is 13.8. The molecule has 0 bridgehead atoms. The first-order valence-corrected chi connectivity index (χ1v) is 11.1. The highest BCUT2D eigenvalue weighted by molar-refractivity contribution is 8.00. The Morgan fingerprint density at radius 1 is 0.923 bits per heavy atom. The van der Waals surface area contributed by atoms with Crippen molar-refractivity contribution in [2.24, 2.45) is 5.10 Å². The van der Waals surface area contributed by atoms with Crippen molar-refractivity contribution in [3.8, 4) is 0 Å². The molecule has 1 aromatic carbocycles. The molecule has 0 spiro atoms. The molecule has 0 aromatic heterocycles. The van der Waals surface area contributed by atoms with Crippen LogP contribution in [0.1, 0.15) is 83.1 Å². The number of nitrogens with zero attached hydrogens (tertiary/aromatic N) is 1. The van der Waals surface area contributed by atoms with Crippen LogP contribution < -0.4 is 5.43 Å². The maximum Gasteiger partial charge on any atom is 0.253 e. The second-order valence-corrected chi connectivity index (χ2v) is 8.82. The van der Waals surface area contributed by atoms with Crippen molar-refractivity contribution in [1.82, 2.24) is 5.43 Å². The Kier molecular flexibility index (Phi) is 9.83. The zero-order chi connectivity index (χ0) is 18.6. The Bertz CT molecular complexity index is 554. The van der Waals surface area contributed by atoms with E-state index in [-0.39, 0.29) is 11.2 Å². The Morgan fingerprint density at radius 3 is 1.96 bits per heavy atom. The van der Waals surface area contributed by atoms with Crippen LogP contribution in [0.3, 0.4) is 0 Å². The van der Waals surface area contributed by atoms with Crippen LogP contribution in [-0.2, 0) is 4.79 Å². The molecule has 1 N–H and O–H groups in total. The minimum Gasteiger partial charge on any atom is -0.272 e. The molecular formula is C22H34N2OS. The first-order valence-electron chi connectivity index (χ1n) is 10.2. The molecule has 1 amide bonds. The fraction of sp³-hybridized carbons (Fsp3) is 0.636. The molecule has 0 radical (unpaired) electrons. The zero-order valence-corrected chi connectivity index (χ0v) is 17.2. The van der Waals surface area contributed by atoms with E-state index in [1.165, 1.54) is 69.1 Å². The van der Waals surface area contributed by atoms with Gasteiger partial charge < -0.3 is 0 Å². The van der Waals surface area contributed by atoms with Crippen LogP contribution in [0.25, 0.3) is 0 Å². The van der Waals surface area contributed by atoms with E-state index in [2.05, 4.69) is 41.7 Å². The molecular weight excluding hydrogens is 340 g/mol. The number of carbonyl (C=O) groups excluding carboxylic acids is 1. The summed E-state index contributed by atoms with van der Waals surface area (Å²) >= 11 is 1.58. The third kappa shape index (κ3) is 8.39. The van der Waals surface area contributed by atoms with Gasteiger partial charge in [-0.1, -0.05) is 62.6 Å². The smallest absolute Gasteiger partial charge is 0.253 e. The van der Waals surface area contributed by atoms with Gasteiger partial charge in [-0.05, 0) is 51.7 Å². The van der Waals surface area contributed by atoms with Crippen molar-refractivity contribution in [3.63, 3.8) is 0 Å². The van der Waals surface area contributed by atoms with Gasteiger partial charge in [0.2, 0.25) is 0 Å². The number of amides is 1. The molecule has 144 valence electrons. The number of carbonyl (C=O) groups is 1. The molecule has 1 aliphatic rings. The van der Waals surface area contributed by atoms with Crippen molar-refractivity contribution in [1.29, 1.82) is 0 Å². The highest BCUT2D eigenvalue weighted by Crippen LogP contribution is 2.23. The lowest BCUT2D eigenvalue weighted by molar-refractivity contribution is -0.120. The van der Waals surface area contributed by atoms with E-state index in [0.717, 1.165) is 17.7 Å². The normalized spacial score (nSPS) is 18.3. The SMILES string of the molecule is Cc1ccc(S[C@@H](C)C(=O)NN=C2CCCCCCCCCCC2)cc1. The van der Waals surface area contributed by atoms with Gasteiger partial charge in [0.25, 0.3) is 5.91 Å². The highest BCUT2D eigenvalue weighted by atomic mass is 32.2. The van der Waals surface area contributed by atoms with Crippen LogP contribution in [0.15, 0.2) is 34.3 Å². The summed E-state index contributed by atoms with van der Waals surface area (Å²) in [5.41, 5.74) is 5.23. The summed E-state index contributed by atoms with van der Waals surface area (Å²) in [5.74, 6) is -0.00538. The molecule has 1 saturated carbocycles. The van der Waals surface area contributed by atoms with Gasteiger partial charge in [0, 0.05) is 10.6 Å². The number of hydrogen-bond donors (Lipinski definition) is 1. The second-order valence-electron chi connectivity index (χ2n) is 7.41. The second kappa shape index (κ2) is 12.2. The number of rotatable bonds is 4. The highest BCUT2D eigenvalue weighted by Gasteiger charge is 2.14. The molecule has 1 aliphatic carbocycles. The van der Waals surface area contributed by atoms with E-state index >= 15 is 0 Å². The zero-order valence-electron chi connectivity index (χ0n) is 16.4. The maximum atomic E-state index is 12.4. The minimum atomic E-state index is -0.145. The van der Waals surface area contributed by atoms with Crippen molar-refractivity contribution < 1.29 is 4.79 Å². The summed E-state index contributed by atoms with van der Waals surface area (Å²) in [6.45, 7) is 4.02. The monoisotopic (exact) mass is 374 g/mol. The van der Waals surface area contributed by atoms with Gasteiger partial charge in [-0.25, -0.2) is 5.43 Å². The van der Waals surface area contributed by atoms with Crippen LogP contribution in [0, 0.1) is 6.92 Å². The van der Waals surface area contributed by atoms with Gasteiger partial charge >= 0.3 is 0 Å². The fourth-order valence-corrected chi connectivity index (χ4v) is 4.09. The number of benzene rings is 1.